The predicted octanol–water partition coefficient (Wildman–Crippen LogP) is 3.52. The summed E-state index contributed by atoms with van der Waals surface area (Å²) in [7, 11) is 1.18. The monoisotopic (exact) mass is 1550 g/mol. The van der Waals surface area contributed by atoms with Crippen LogP contribution in [0.25, 0.3) is 0 Å². The molecule has 8 rings (SSSR count). The molecule has 0 bridgehead atoms. The van der Waals surface area contributed by atoms with Crippen LogP contribution in [-0.4, -0.2) is 236 Å². The van der Waals surface area contributed by atoms with Crippen molar-refractivity contribution in [3.05, 3.63) is 71.8 Å². The Hall–Kier alpha value is -1.10. The lowest BCUT2D eigenvalue weighted by Crippen LogP contribution is -2.67. The van der Waals surface area contributed by atoms with Crippen molar-refractivity contribution in [3.63, 3.8) is 0 Å². The predicted molar refractivity (Wildman–Crippen MR) is 348 cm³/mol. The van der Waals surface area contributed by atoms with E-state index in [2.05, 4.69) is 92.7 Å². The first-order valence-corrected chi connectivity index (χ1v) is 43.0. The van der Waals surface area contributed by atoms with Gasteiger partial charge >= 0.3 is 30.6 Å². The highest BCUT2D eigenvalue weighted by molar-refractivity contribution is 14.1. The molecule has 91 heavy (non-hydrogen) atoms. The molecule has 0 aliphatic carbocycles. The van der Waals surface area contributed by atoms with E-state index in [1.165, 1.54) is 14.0 Å². The van der Waals surface area contributed by atoms with E-state index in [0.717, 1.165) is 11.1 Å². The zero-order valence-electron chi connectivity index (χ0n) is 54.1. The second-order valence-corrected chi connectivity index (χ2v) is 30.0. The number of alkyl carbamates (subject to hydrolysis) is 1. The van der Waals surface area contributed by atoms with E-state index in [4.69, 9.17) is 69.2 Å². The summed E-state index contributed by atoms with van der Waals surface area (Å²) in [6.07, 6.45) is -18.3. The summed E-state index contributed by atoms with van der Waals surface area (Å²) in [5.74, 6) is 0.227. The third kappa shape index (κ3) is 20.1. The van der Waals surface area contributed by atoms with E-state index in [1.807, 2.05) is 88.4 Å². The summed E-state index contributed by atoms with van der Waals surface area (Å²) in [5, 5.41) is 67.7. The first kappa shape index (κ1) is 77.3. The van der Waals surface area contributed by atoms with Gasteiger partial charge in [-0.25, -0.2) is 4.79 Å². The summed E-state index contributed by atoms with van der Waals surface area (Å²) in [6, 6.07) is 17.6. The summed E-state index contributed by atoms with van der Waals surface area (Å²) < 4.78 is 93.3. The van der Waals surface area contributed by atoms with E-state index >= 15 is 0 Å². The van der Waals surface area contributed by atoms with Crippen LogP contribution < -0.4 is 10.6 Å². The minimum Gasteiger partial charge on any atom is -0.470 e. The SMILES string of the molecule is CC(=O)NC1[C@H](OC2[C@H]([O][AlH][I])OC(C)[C@H](C)[C@@H]2O[C@H]2O[C@@H](COCc3ccccc3)[C@@H](C)C(C)C2C)OC(CO)[C@@H](O)[C@@H]1O.COC(=O)NC1[C@H](OC2[C@H]([O][AlH][I])OC(C)[C@H](C)[C@@H]2O[C@H]2O[C@@H](COCc3ccccc3)[C@@H](C)C(C)C2C)OC(CO)[C@@H](O)[C@@H]1O. The first-order chi connectivity index (χ1) is 43.5. The van der Waals surface area contributed by atoms with Crippen molar-refractivity contribution in [3.8, 4) is 0 Å². The number of methoxy groups -OCH3 is 1. The second-order valence-electron chi connectivity index (χ2n) is 25.1. The van der Waals surface area contributed by atoms with Gasteiger partial charge in [-0.15, -0.1) is 0 Å². The Bertz CT molecular complexity index is 2470. The summed E-state index contributed by atoms with van der Waals surface area (Å²) >= 11 is 2.39. The fourth-order valence-electron chi connectivity index (χ4n) is 12.5. The Balaban J connectivity index is 0.000000259. The summed E-state index contributed by atoms with van der Waals surface area (Å²) in [4.78, 5) is 24.3. The lowest BCUT2D eigenvalue weighted by Gasteiger charge is -2.51. The van der Waals surface area contributed by atoms with Gasteiger partial charge < -0.3 is 110 Å². The number of amides is 2. The van der Waals surface area contributed by atoms with Gasteiger partial charge in [0, 0.05) is 30.6 Å². The Labute approximate surface area is 570 Å². The molecule has 6 fully saturated rings. The maximum atomic E-state index is 12.2. The summed E-state index contributed by atoms with van der Waals surface area (Å²) in [6.45, 7) is 22.8. The number of aliphatic hydroxyl groups excluding tert-OH is 6. The van der Waals surface area contributed by atoms with E-state index in [9.17, 15) is 40.2 Å². The van der Waals surface area contributed by atoms with Crippen LogP contribution in [0.3, 0.4) is 0 Å². The zero-order valence-corrected chi connectivity index (χ0v) is 61.3. The van der Waals surface area contributed by atoms with Gasteiger partial charge in [0.2, 0.25) is 5.91 Å². The van der Waals surface area contributed by atoms with Gasteiger partial charge in [-0.1, -0.05) is 116 Å². The number of hydrogen-bond acceptors (Lipinski definition) is 23. The number of nitrogens with one attached hydrogen (secondary N) is 2. The molecule has 6 aliphatic heterocycles. The molecular weight excluding hydrogens is 1450 g/mol. The highest BCUT2D eigenvalue weighted by Crippen LogP contribution is 2.43. The maximum Gasteiger partial charge on any atom is 0.527 e. The number of carbonyl (C=O) groups excluding carboxylic acids is 2. The van der Waals surface area contributed by atoms with Crippen molar-refractivity contribution < 1.29 is 109 Å². The Morgan fingerprint density at radius 1 is 0.462 bits per heavy atom. The van der Waals surface area contributed by atoms with Gasteiger partial charge in [0.1, 0.15) is 60.9 Å². The number of ether oxygens (including phenoxy) is 13. The van der Waals surface area contributed by atoms with E-state index < -0.39 is 161 Å². The van der Waals surface area contributed by atoms with Crippen LogP contribution in [0.15, 0.2) is 60.7 Å². The lowest BCUT2D eigenvalue weighted by atomic mass is 9.79. The number of halogens is 2. The van der Waals surface area contributed by atoms with Crippen molar-refractivity contribution in [2.45, 2.75) is 225 Å². The average Bonchev–Trinajstić information content (AvgIpc) is 0.828. The Morgan fingerprint density at radius 3 is 1.18 bits per heavy atom. The van der Waals surface area contributed by atoms with Gasteiger partial charge in [0.15, 0.2) is 37.7 Å². The van der Waals surface area contributed by atoms with Crippen molar-refractivity contribution in [1.82, 2.24) is 10.6 Å². The standard InChI is InChI=1S/C31H48NO12.C31H48NO11.2Al.2HI.2H/c1-15-16(2)22(14-39-13-20-10-8-7-9-11-20)42-29(17(15)3)43-26-18(4)19(5)40-28(36)27(26)44-30-23(32-31(37)38-6)25(35)24(34)21(12-33)41-30;1-15-16(2)23(14-38-13-21-10-8-7-9-11-21)41-30(17(15)3)42-27-18(4)19(5)39-29(37)28(27)43-31-24(32-20(6)34)26(36)25(35)22(12-33)40-31;;;;;;/h7-11,15-19,21-30,33-35H,12-14H2,1-6H3,(H,32,37);7-11,15-19,22-31,33,35-36H,12-14H2,1-6H3,(H,32,34);;;2*1H;;/q2*-1;2*+2;;;;/p-2/t15?,16-,17?,18-,19?,21?,22-,23?,24+,25+,26-,27?,28+,29+,30-;15?,16-,17?,18-,19?,22?,23-,24?,25+,26+,27-,28?,29+,30+,31-;;;;;;/m00....../s1. The smallest absolute Gasteiger partial charge is 0.470 e. The quantitative estimate of drug-likeness (QED) is 0.0551. The molecule has 25 nitrogen and oxygen atoms in total. The minimum absolute atomic E-state index is 0.0279. The molecule has 30 atom stereocenters. The van der Waals surface area contributed by atoms with Crippen molar-refractivity contribution in [2.24, 2.45) is 47.3 Å². The second kappa shape index (κ2) is 37.2. The van der Waals surface area contributed by atoms with Crippen LogP contribution in [-0.2, 0) is 87.2 Å². The van der Waals surface area contributed by atoms with Gasteiger partial charge in [-0.05, 0) is 48.6 Å². The normalized spacial score (nSPS) is 41.8. The zero-order chi connectivity index (χ0) is 66.4. The molecular formula is C62H98Al2I2N2O23. The molecule has 12 unspecified atom stereocenters. The number of benzene rings is 2. The number of aliphatic hydroxyl groups is 6. The molecule has 0 spiro atoms. The van der Waals surface area contributed by atoms with Crippen molar-refractivity contribution in [1.29, 1.82) is 0 Å². The molecule has 2 aromatic rings. The summed E-state index contributed by atoms with van der Waals surface area (Å²) in [5.41, 5.74) is 2.18. The first-order valence-electron chi connectivity index (χ1n) is 31.7. The molecule has 0 radical (unpaired) electrons. The Kier molecular flexibility index (Phi) is 31.6. The number of carbonyl (C=O) groups is 2. The highest BCUT2D eigenvalue weighted by atomic mass is 127. The highest BCUT2D eigenvalue weighted by Gasteiger charge is 2.55. The maximum absolute atomic E-state index is 12.2. The van der Waals surface area contributed by atoms with Crippen LogP contribution >= 0.6 is 40.5 Å². The molecule has 6 aliphatic rings. The van der Waals surface area contributed by atoms with Crippen LogP contribution in [0.4, 0.5) is 4.79 Å². The van der Waals surface area contributed by atoms with Crippen LogP contribution in [0.2, 0.25) is 0 Å². The largest absolute Gasteiger partial charge is 0.527 e. The van der Waals surface area contributed by atoms with Gasteiger partial charge in [-0.3, -0.25) is 4.79 Å². The number of hydrogen-bond donors (Lipinski definition) is 8. The fraction of sp³-hybridized carbons (Fsp3) is 0.774. The van der Waals surface area contributed by atoms with Crippen LogP contribution in [0, 0.1) is 47.3 Å². The average molecular weight is 1550 g/mol. The molecule has 6 saturated heterocycles. The van der Waals surface area contributed by atoms with E-state index in [-0.39, 0.29) is 71.8 Å². The molecule has 2 amide bonds. The lowest BCUT2D eigenvalue weighted by molar-refractivity contribution is -0.361. The molecule has 0 aromatic heterocycles. The topological polar surface area (TPSA) is 318 Å². The molecule has 8 N–H and O–H groups in total. The minimum atomic E-state index is -1.53. The van der Waals surface area contributed by atoms with E-state index in [1.54, 1.807) is 0 Å². The third-order valence-electron chi connectivity index (χ3n) is 19.4. The molecule has 0 saturated carbocycles. The third-order valence-corrected chi connectivity index (χ3v) is 22.4. The van der Waals surface area contributed by atoms with Gasteiger partial charge in [0.05, 0.1) is 83.4 Å². The van der Waals surface area contributed by atoms with Gasteiger partial charge in [-0.2, -0.15) is 40.5 Å². The van der Waals surface area contributed by atoms with Crippen LogP contribution in [0.1, 0.15) is 87.3 Å². The number of rotatable bonds is 24. The Morgan fingerprint density at radius 2 is 0.824 bits per heavy atom. The van der Waals surface area contributed by atoms with E-state index in [0.29, 0.717) is 26.4 Å². The molecule has 6 heterocycles. The molecule has 29 heteroatoms. The molecule has 2 aromatic carbocycles. The van der Waals surface area contributed by atoms with Crippen LogP contribution in [0.5, 0.6) is 0 Å². The fourth-order valence-corrected chi connectivity index (χ4v) is 15.4. The van der Waals surface area contributed by atoms with Crippen molar-refractivity contribution in [2.75, 3.05) is 33.5 Å². The molecule has 514 valence electrons. The van der Waals surface area contributed by atoms with Crippen molar-refractivity contribution >= 4 is 77.1 Å². The van der Waals surface area contributed by atoms with Gasteiger partial charge in [0.25, 0.3) is 0 Å².